The van der Waals surface area contributed by atoms with Gasteiger partial charge >= 0.3 is 0 Å². The molecule has 0 amide bonds. The monoisotopic (exact) mass is 393 g/mol. The van der Waals surface area contributed by atoms with Crippen molar-refractivity contribution in [1.82, 2.24) is 24.7 Å². The van der Waals surface area contributed by atoms with Crippen molar-refractivity contribution in [2.24, 2.45) is 0 Å². The Labute approximate surface area is 163 Å². The zero-order chi connectivity index (χ0) is 18.4. The Bertz CT molecular complexity index is 1240. The van der Waals surface area contributed by atoms with Crippen LogP contribution < -0.4 is 0 Å². The van der Waals surface area contributed by atoms with Crippen molar-refractivity contribution < 1.29 is 4.52 Å². The number of thiophene rings is 1. The number of aryl methyl sites for hydroxylation is 1. The molecule has 4 aromatic heterocycles. The van der Waals surface area contributed by atoms with Crippen molar-refractivity contribution in [2.45, 2.75) is 24.3 Å². The molecule has 5 rings (SSSR count). The Morgan fingerprint density at radius 1 is 1.15 bits per heavy atom. The van der Waals surface area contributed by atoms with Gasteiger partial charge in [-0.05, 0) is 43.0 Å². The van der Waals surface area contributed by atoms with Crippen molar-refractivity contribution in [3.63, 3.8) is 0 Å². The summed E-state index contributed by atoms with van der Waals surface area (Å²) in [6, 6.07) is 14.3. The van der Waals surface area contributed by atoms with E-state index in [1.165, 1.54) is 10.9 Å². The molecule has 0 N–H and O–H groups in total. The second-order valence-electron chi connectivity index (χ2n) is 6.21. The van der Waals surface area contributed by atoms with E-state index in [0.29, 0.717) is 11.7 Å². The van der Waals surface area contributed by atoms with Gasteiger partial charge in [0.25, 0.3) is 0 Å². The maximum absolute atomic E-state index is 5.48. The van der Waals surface area contributed by atoms with Crippen LogP contribution in [0.25, 0.3) is 27.3 Å². The summed E-state index contributed by atoms with van der Waals surface area (Å²) in [7, 11) is 0. The summed E-state index contributed by atoms with van der Waals surface area (Å²) in [5, 5.41) is 16.8. The highest BCUT2D eigenvalue weighted by Crippen LogP contribution is 2.35. The molecule has 0 aliphatic heterocycles. The topological polar surface area (TPSA) is 69.1 Å². The van der Waals surface area contributed by atoms with E-state index in [1.54, 1.807) is 23.1 Å². The Morgan fingerprint density at radius 3 is 2.89 bits per heavy atom. The third-order valence-electron chi connectivity index (χ3n) is 4.39. The molecule has 0 bridgehead atoms. The van der Waals surface area contributed by atoms with Crippen molar-refractivity contribution >= 4 is 39.6 Å². The third kappa shape index (κ3) is 2.81. The van der Waals surface area contributed by atoms with Crippen molar-refractivity contribution in [2.75, 3.05) is 0 Å². The van der Waals surface area contributed by atoms with Crippen LogP contribution in [0.4, 0.5) is 0 Å². The molecular weight excluding hydrogens is 378 g/mol. The number of thioether (sulfide) groups is 1. The van der Waals surface area contributed by atoms with E-state index in [-0.39, 0.29) is 5.25 Å². The molecule has 0 saturated heterocycles. The van der Waals surface area contributed by atoms with Gasteiger partial charge in [-0.1, -0.05) is 41.2 Å². The highest BCUT2D eigenvalue weighted by atomic mass is 32.2. The first-order chi connectivity index (χ1) is 13.2. The molecule has 0 aliphatic carbocycles. The standard InChI is InChI=1S/C19H15N5OS2/c1-11-10-16-21-22-19(24(16)14-7-4-3-6-13(11)14)27-12(2)18-20-17(23-25-18)15-8-5-9-26-15/h3-10,12H,1-2H3. The molecule has 6 nitrogen and oxygen atoms in total. The minimum Gasteiger partial charge on any atom is -0.338 e. The predicted molar refractivity (Wildman–Crippen MR) is 107 cm³/mol. The van der Waals surface area contributed by atoms with Gasteiger partial charge in [0.05, 0.1) is 15.6 Å². The molecule has 1 unspecified atom stereocenters. The van der Waals surface area contributed by atoms with E-state index in [4.69, 9.17) is 4.52 Å². The van der Waals surface area contributed by atoms with E-state index >= 15 is 0 Å². The quantitative estimate of drug-likeness (QED) is 0.393. The van der Waals surface area contributed by atoms with E-state index in [9.17, 15) is 0 Å². The van der Waals surface area contributed by atoms with Crippen molar-refractivity contribution in [1.29, 1.82) is 0 Å². The average Bonchev–Trinajstić information content (AvgIpc) is 3.42. The van der Waals surface area contributed by atoms with Gasteiger partial charge in [0.15, 0.2) is 10.8 Å². The van der Waals surface area contributed by atoms with E-state index in [1.807, 2.05) is 36.6 Å². The van der Waals surface area contributed by atoms with Crippen LogP contribution >= 0.6 is 23.1 Å². The smallest absolute Gasteiger partial charge is 0.240 e. The maximum atomic E-state index is 5.48. The molecular formula is C19H15N5OS2. The second-order valence-corrected chi connectivity index (χ2v) is 8.47. The van der Waals surface area contributed by atoms with E-state index < -0.39 is 0 Å². The highest BCUT2D eigenvalue weighted by Gasteiger charge is 2.20. The first kappa shape index (κ1) is 16.5. The number of aromatic nitrogens is 5. The molecule has 5 aromatic rings. The fourth-order valence-electron chi connectivity index (χ4n) is 3.07. The van der Waals surface area contributed by atoms with Crippen LogP contribution in [0.5, 0.6) is 0 Å². The molecule has 8 heteroatoms. The number of fused-ring (bicyclic) bond motifs is 3. The fraction of sp³-hybridized carbons (Fsp3) is 0.158. The predicted octanol–water partition coefficient (Wildman–Crippen LogP) is 5.16. The second kappa shape index (κ2) is 6.47. The fourth-order valence-corrected chi connectivity index (χ4v) is 4.61. The summed E-state index contributed by atoms with van der Waals surface area (Å²) in [4.78, 5) is 5.54. The lowest BCUT2D eigenvalue weighted by molar-refractivity contribution is 0.381. The number of nitrogens with zero attached hydrogens (tertiary/aromatic N) is 5. The van der Waals surface area contributed by atoms with Gasteiger partial charge in [0.1, 0.15) is 0 Å². The minimum atomic E-state index is -0.0429. The van der Waals surface area contributed by atoms with Gasteiger partial charge in [0, 0.05) is 5.39 Å². The zero-order valence-electron chi connectivity index (χ0n) is 14.7. The van der Waals surface area contributed by atoms with Gasteiger partial charge < -0.3 is 4.52 Å². The molecule has 134 valence electrons. The number of pyridine rings is 1. The molecule has 4 heterocycles. The van der Waals surface area contributed by atoms with E-state index in [2.05, 4.69) is 49.9 Å². The SMILES string of the molecule is Cc1cc2nnc(SC(C)c3nc(-c4cccs4)no3)n2c2ccccc12. The van der Waals surface area contributed by atoms with Crippen LogP contribution in [-0.4, -0.2) is 24.7 Å². The highest BCUT2D eigenvalue weighted by molar-refractivity contribution is 7.99. The van der Waals surface area contributed by atoms with E-state index in [0.717, 1.165) is 21.2 Å². The summed E-state index contributed by atoms with van der Waals surface area (Å²) in [6.07, 6.45) is 0. The Morgan fingerprint density at radius 2 is 2.04 bits per heavy atom. The van der Waals surface area contributed by atoms with Crippen LogP contribution in [0.3, 0.4) is 0 Å². The molecule has 0 radical (unpaired) electrons. The summed E-state index contributed by atoms with van der Waals surface area (Å²) in [5.41, 5.74) is 3.12. The molecule has 0 spiro atoms. The molecule has 27 heavy (non-hydrogen) atoms. The van der Waals surface area contributed by atoms with Gasteiger partial charge in [-0.25, -0.2) is 0 Å². The number of hydrogen-bond acceptors (Lipinski definition) is 7. The van der Waals surface area contributed by atoms with Crippen LogP contribution in [-0.2, 0) is 0 Å². The lowest BCUT2D eigenvalue weighted by Gasteiger charge is -2.08. The number of benzene rings is 1. The van der Waals surface area contributed by atoms with Gasteiger partial charge in [-0.15, -0.1) is 21.5 Å². The maximum Gasteiger partial charge on any atom is 0.240 e. The lowest BCUT2D eigenvalue weighted by atomic mass is 10.1. The number of para-hydroxylation sites is 1. The van der Waals surface area contributed by atoms with Crippen molar-refractivity contribution in [3.05, 3.63) is 59.3 Å². The summed E-state index contributed by atoms with van der Waals surface area (Å²) in [5.74, 6) is 1.20. The summed E-state index contributed by atoms with van der Waals surface area (Å²) in [6.45, 7) is 4.13. The zero-order valence-corrected chi connectivity index (χ0v) is 16.3. The Kier molecular flexibility index (Phi) is 3.95. The minimum absolute atomic E-state index is 0.0429. The van der Waals surface area contributed by atoms with Crippen LogP contribution in [0.15, 0.2) is 57.5 Å². The Balaban J connectivity index is 1.52. The van der Waals surface area contributed by atoms with Gasteiger partial charge in [-0.2, -0.15) is 4.98 Å². The molecule has 0 saturated carbocycles. The van der Waals surface area contributed by atoms with Crippen LogP contribution in [0.2, 0.25) is 0 Å². The average molecular weight is 393 g/mol. The molecule has 0 fully saturated rings. The normalized spacial score (nSPS) is 12.8. The largest absolute Gasteiger partial charge is 0.338 e. The lowest BCUT2D eigenvalue weighted by Crippen LogP contribution is -1.95. The van der Waals surface area contributed by atoms with Crippen LogP contribution in [0.1, 0.15) is 23.6 Å². The molecule has 1 aromatic carbocycles. The summed E-state index contributed by atoms with van der Waals surface area (Å²) >= 11 is 3.15. The number of hydrogen-bond donors (Lipinski definition) is 0. The Hall–Kier alpha value is -2.71. The van der Waals surface area contributed by atoms with Gasteiger partial charge in [0.2, 0.25) is 11.7 Å². The van der Waals surface area contributed by atoms with Crippen LogP contribution in [0, 0.1) is 6.92 Å². The molecule has 1 atom stereocenters. The number of rotatable bonds is 4. The third-order valence-corrected chi connectivity index (χ3v) is 6.28. The summed E-state index contributed by atoms with van der Waals surface area (Å²) < 4.78 is 7.57. The first-order valence-electron chi connectivity index (χ1n) is 8.48. The van der Waals surface area contributed by atoms with Gasteiger partial charge in [-0.3, -0.25) is 4.40 Å². The first-order valence-corrected chi connectivity index (χ1v) is 10.2. The van der Waals surface area contributed by atoms with Crippen molar-refractivity contribution in [3.8, 4) is 10.7 Å². The molecule has 0 aliphatic rings.